The van der Waals surface area contributed by atoms with E-state index in [1.54, 1.807) is 4.90 Å². The molecule has 1 unspecified atom stereocenters. The Kier molecular flexibility index (Phi) is 3.26. The highest BCUT2D eigenvalue weighted by molar-refractivity contribution is 5.98. The van der Waals surface area contributed by atoms with Gasteiger partial charge in [-0.1, -0.05) is 29.4 Å². The lowest BCUT2D eigenvalue weighted by atomic mass is 10.1. The lowest BCUT2D eigenvalue weighted by Crippen LogP contribution is -2.45. The number of hydrogen-bond acceptors (Lipinski definition) is 4. The summed E-state index contributed by atoms with van der Waals surface area (Å²) in [6.45, 7) is 2.47. The Labute approximate surface area is 133 Å². The number of carbonyl (C=O) groups is 1. The molecule has 0 saturated heterocycles. The average molecular weight is 308 g/mol. The molecule has 1 aliphatic rings. The van der Waals surface area contributed by atoms with Crippen LogP contribution in [0.25, 0.3) is 11.0 Å². The van der Waals surface area contributed by atoms with E-state index >= 15 is 0 Å². The third-order valence-corrected chi connectivity index (χ3v) is 4.09. The van der Waals surface area contributed by atoms with Crippen LogP contribution in [-0.2, 0) is 11.2 Å². The lowest BCUT2D eigenvalue weighted by molar-refractivity contribution is -0.118. The molecular formula is C18H16N2O3. The van der Waals surface area contributed by atoms with Crippen molar-refractivity contribution in [2.24, 2.45) is 0 Å². The summed E-state index contributed by atoms with van der Waals surface area (Å²) in [6, 6.07) is 15.2. The van der Waals surface area contributed by atoms with Gasteiger partial charge < -0.3 is 14.2 Å². The monoisotopic (exact) mass is 308 g/mol. The first kappa shape index (κ1) is 13.8. The highest BCUT2D eigenvalue weighted by Gasteiger charge is 2.30. The van der Waals surface area contributed by atoms with Gasteiger partial charge in [0, 0.05) is 5.39 Å². The summed E-state index contributed by atoms with van der Waals surface area (Å²) in [7, 11) is 0. The first-order chi connectivity index (χ1) is 11.2. The molecule has 116 valence electrons. The van der Waals surface area contributed by atoms with E-state index in [1.165, 1.54) is 0 Å². The van der Waals surface area contributed by atoms with Crippen LogP contribution >= 0.6 is 0 Å². The molecule has 3 aromatic rings. The van der Waals surface area contributed by atoms with Crippen molar-refractivity contribution < 1.29 is 14.1 Å². The van der Waals surface area contributed by atoms with Crippen LogP contribution in [0.4, 0.5) is 5.69 Å². The van der Waals surface area contributed by atoms with Crippen LogP contribution in [-0.4, -0.2) is 23.7 Å². The van der Waals surface area contributed by atoms with Crippen molar-refractivity contribution in [3.63, 3.8) is 0 Å². The minimum atomic E-state index is -0.0180. The number of rotatable bonds is 2. The van der Waals surface area contributed by atoms with Gasteiger partial charge in [-0.2, -0.15) is 0 Å². The van der Waals surface area contributed by atoms with Crippen molar-refractivity contribution in [2.45, 2.75) is 19.4 Å². The zero-order valence-corrected chi connectivity index (χ0v) is 12.7. The fourth-order valence-electron chi connectivity index (χ4n) is 2.97. The highest BCUT2D eigenvalue weighted by Crippen LogP contribution is 2.34. The molecule has 2 aromatic carbocycles. The number of nitrogens with zero attached hydrogens (tertiary/aromatic N) is 2. The van der Waals surface area contributed by atoms with Gasteiger partial charge in [0.2, 0.25) is 5.91 Å². The number of para-hydroxylation sites is 3. The number of benzene rings is 2. The lowest BCUT2D eigenvalue weighted by Gasteiger charge is -2.35. The van der Waals surface area contributed by atoms with Gasteiger partial charge in [0.25, 0.3) is 0 Å². The number of ether oxygens (including phenoxy) is 1. The fourth-order valence-corrected chi connectivity index (χ4v) is 2.97. The second kappa shape index (κ2) is 5.43. The van der Waals surface area contributed by atoms with E-state index in [2.05, 4.69) is 5.16 Å². The summed E-state index contributed by atoms with van der Waals surface area (Å²) in [5.41, 5.74) is 2.18. The van der Waals surface area contributed by atoms with E-state index in [-0.39, 0.29) is 18.4 Å². The van der Waals surface area contributed by atoms with Gasteiger partial charge in [-0.05, 0) is 31.2 Å². The van der Waals surface area contributed by atoms with Crippen LogP contribution in [0.15, 0.2) is 53.1 Å². The molecule has 1 amide bonds. The Bertz CT molecular complexity index is 871. The zero-order chi connectivity index (χ0) is 15.8. The molecule has 1 atom stereocenters. The number of hydrogen-bond donors (Lipinski definition) is 0. The van der Waals surface area contributed by atoms with E-state index in [9.17, 15) is 4.79 Å². The van der Waals surface area contributed by atoms with Gasteiger partial charge in [0.1, 0.15) is 18.1 Å². The van der Waals surface area contributed by atoms with E-state index in [1.807, 2.05) is 55.5 Å². The predicted molar refractivity (Wildman–Crippen MR) is 86.6 cm³/mol. The number of fused-ring (bicyclic) bond motifs is 2. The molecular weight excluding hydrogens is 292 g/mol. The summed E-state index contributed by atoms with van der Waals surface area (Å²) < 4.78 is 11.0. The molecule has 23 heavy (non-hydrogen) atoms. The van der Waals surface area contributed by atoms with Gasteiger partial charge in [-0.25, -0.2) is 0 Å². The smallest absolute Gasteiger partial charge is 0.233 e. The summed E-state index contributed by atoms with van der Waals surface area (Å²) in [6.07, 6.45) is 0.204. The minimum Gasteiger partial charge on any atom is -0.489 e. The van der Waals surface area contributed by atoms with Crippen molar-refractivity contribution in [3.8, 4) is 5.75 Å². The summed E-state index contributed by atoms with van der Waals surface area (Å²) >= 11 is 0. The summed E-state index contributed by atoms with van der Waals surface area (Å²) in [5.74, 6) is 0.733. The first-order valence-electron chi connectivity index (χ1n) is 7.61. The van der Waals surface area contributed by atoms with Gasteiger partial charge in [-0.3, -0.25) is 4.79 Å². The Morgan fingerprint density at radius 1 is 1.22 bits per heavy atom. The van der Waals surface area contributed by atoms with E-state index in [0.717, 1.165) is 16.8 Å². The van der Waals surface area contributed by atoms with Crippen molar-refractivity contribution in [1.82, 2.24) is 5.16 Å². The second-order valence-electron chi connectivity index (χ2n) is 5.69. The normalized spacial score (nSPS) is 16.9. The number of amides is 1. The summed E-state index contributed by atoms with van der Waals surface area (Å²) in [5, 5.41) is 4.94. The third-order valence-electron chi connectivity index (χ3n) is 4.09. The fraction of sp³-hybridized carbons (Fsp3) is 0.222. The summed E-state index contributed by atoms with van der Waals surface area (Å²) in [4.78, 5) is 14.7. The van der Waals surface area contributed by atoms with Crippen LogP contribution in [0.1, 0.15) is 12.6 Å². The van der Waals surface area contributed by atoms with Crippen LogP contribution in [0, 0.1) is 0 Å². The number of carbonyl (C=O) groups excluding carboxylic acids is 1. The van der Waals surface area contributed by atoms with Crippen molar-refractivity contribution in [1.29, 1.82) is 0 Å². The number of anilines is 1. The molecule has 1 aromatic heterocycles. The Morgan fingerprint density at radius 2 is 2.00 bits per heavy atom. The molecule has 5 nitrogen and oxygen atoms in total. The maximum atomic E-state index is 12.9. The molecule has 0 fully saturated rings. The molecule has 0 aliphatic carbocycles. The van der Waals surface area contributed by atoms with Gasteiger partial charge in [-0.15, -0.1) is 0 Å². The molecule has 4 rings (SSSR count). The van der Waals surface area contributed by atoms with E-state index in [4.69, 9.17) is 9.26 Å². The zero-order valence-electron chi connectivity index (χ0n) is 12.7. The topological polar surface area (TPSA) is 55.6 Å². The standard InChI is InChI=1S/C18H16N2O3/c1-12-11-22-17-9-5-3-7-15(17)20(12)18(21)10-14-13-6-2-4-8-16(13)23-19-14/h2-9,12H,10-11H2,1H3. The average Bonchev–Trinajstić information content (AvgIpc) is 2.98. The second-order valence-corrected chi connectivity index (χ2v) is 5.69. The maximum Gasteiger partial charge on any atom is 0.233 e. The largest absolute Gasteiger partial charge is 0.489 e. The maximum absolute atomic E-state index is 12.9. The Balaban J connectivity index is 1.67. The molecule has 0 N–H and O–H groups in total. The van der Waals surface area contributed by atoms with Crippen LogP contribution in [0.2, 0.25) is 0 Å². The SMILES string of the molecule is CC1COc2ccccc2N1C(=O)Cc1noc2ccccc12. The van der Waals surface area contributed by atoms with E-state index < -0.39 is 0 Å². The molecule has 5 heteroatoms. The van der Waals surface area contributed by atoms with Crippen molar-refractivity contribution >= 4 is 22.6 Å². The van der Waals surface area contributed by atoms with Crippen LogP contribution < -0.4 is 9.64 Å². The third kappa shape index (κ3) is 2.34. The number of aromatic nitrogens is 1. The van der Waals surface area contributed by atoms with Crippen LogP contribution in [0.5, 0.6) is 5.75 Å². The first-order valence-corrected chi connectivity index (χ1v) is 7.61. The minimum absolute atomic E-state index is 0.00713. The van der Waals surface area contributed by atoms with Gasteiger partial charge in [0.15, 0.2) is 5.58 Å². The Morgan fingerprint density at radius 3 is 2.91 bits per heavy atom. The molecule has 0 bridgehead atoms. The van der Waals surface area contributed by atoms with Crippen molar-refractivity contribution in [2.75, 3.05) is 11.5 Å². The predicted octanol–water partition coefficient (Wildman–Crippen LogP) is 3.18. The van der Waals surface area contributed by atoms with Gasteiger partial charge >= 0.3 is 0 Å². The molecule has 0 saturated carbocycles. The molecule has 1 aliphatic heterocycles. The Hall–Kier alpha value is -2.82. The van der Waals surface area contributed by atoms with E-state index in [0.29, 0.717) is 17.9 Å². The molecule has 2 heterocycles. The van der Waals surface area contributed by atoms with Crippen molar-refractivity contribution in [3.05, 3.63) is 54.2 Å². The van der Waals surface area contributed by atoms with Gasteiger partial charge in [0.05, 0.1) is 18.2 Å². The quantitative estimate of drug-likeness (QED) is 0.729. The highest BCUT2D eigenvalue weighted by atomic mass is 16.5. The van der Waals surface area contributed by atoms with Crippen LogP contribution in [0.3, 0.4) is 0 Å². The molecule has 0 spiro atoms. The molecule has 0 radical (unpaired) electrons.